The van der Waals surface area contributed by atoms with Crippen LogP contribution in [0.2, 0.25) is 0 Å². The molecule has 2 heterocycles. The average molecular weight is 386 g/mol. The van der Waals surface area contributed by atoms with Crippen LogP contribution in [0.1, 0.15) is 28.5 Å². The second-order valence-electron chi connectivity index (χ2n) is 8.48. The molecule has 0 aromatic heterocycles. The van der Waals surface area contributed by atoms with Crippen LogP contribution < -0.4 is 14.2 Å². The second-order valence-corrected chi connectivity index (χ2v) is 8.48. The van der Waals surface area contributed by atoms with Crippen molar-refractivity contribution in [2.45, 2.75) is 18.4 Å². The van der Waals surface area contributed by atoms with Gasteiger partial charge in [0.1, 0.15) is 12.3 Å². The molecular weight excluding hydrogens is 362 g/mol. The molecule has 146 valence electrons. The number of quaternary nitrogens is 1. The fraction of sp³-hybridized carbons (Fsp3) is 0.280. The zero-order valence-electron chi connectivity index (χ0n) is 16.3. The third kappa shape index (κ3) is 2.87. The summed E-state index contributed by atoms with van der Waals surface area (Å²) in [5.74, 6) is 3.70. The Morgan fingerprint density at radius 3 is 2.24 bits per heavy atom. The van der Waals surface area contributed by atoms with Crippen molar-refractivity contribution >= 4 is 0 Å². The predicted octanol–water partition coefficient (Wildman–Crippen LogP) is 4.66. The molecule has 2 aliphatic heterocycles. The first-order chi connectivity index (χ1) is 14.3. The van der Waals surface area contributed by atoms with Crippen LogP contribution in [-0.4, -0.2) is 31.1 Å². The standard InChI is InChI=1S/C25H24NO3/c1-2-6-18(7-3-1)13-26(14-22-20-8-4-5-9-21(20)23(22)15-26)16-27-19-10-11-24-25(12-19)29-17-28-24/h1-12,22-23H,13-17H2/q+1/t22-,23+,26?. The molecule has 4 nitrogen and oxygen atoms in total. The molecule has 0 radical (unpaired) electrons. The minimum atomic E-state index is 0.286. The van der Waals surface area contributed by atoms with E-state index in [1.54, 1.807) is 0 Å². The van der Waals surface area contributed by atoms with Gasteiger partial charge in [-0.2, -0.15) is 0 Å². The molecule has 1 unspecified atom stereocenters. The van der Waals surface area contributed by atoms with E-state index in [9.17, 15) is 0 Å². The summed E-state index contributed by atoms with van der Waals surface area (Å²) in [6, 6.07) is 25.6. The molecule has 1 aliphatic carbocycles. The van der Waals surface area contributed by atoms with E-state index >= 15 is 0 Å². The van der Waals surface area contributed by atoms with Crippen LogP contribution in [0.4, 0.5) is 0 Å². The number of rotatable bonds is 5. The van der Waals surface area contributed by atoms with Crippen LogP contribution >= 0.6 is 0 Å². The van der Waals surface area contributed by atoms with Gasteiger partial charge in [0.05, 0.1) is 13.1 Å². The van der Waals surface area contributed by atoms with Crippen LogP contribution in [0.3, 0.4) is 0 Å². The lowest BCUT2D eigenvalue weighted by atomic mass is 9.70. The first-order valence-electron chi connectivity index (χ1n) is 10.3. The van der Waals surface area contributed by atoms with E-state index in [0.717, 1.165) is 41.4 Å². The maximum absolute atomic E-state index is 6.35. The highest BCUT2D eigenvalue weighted by Crippen LogP contribution is 2.54. The summed E-state index contributed by atoms with van der Waals surface area (Å²) in [6.45, 7) is 4.19. The van der Waals surface area contributed by atoms with E-state index in [2.05, 4.69) is 54.6 Å². The lowest BCUT2D eigenvalue weighted by molar-refractivity contribution is -0.944. The van der Waals surface area contributed by atoms with E-state index in [1.807, 2.05) is 18.2 Å². The summed E-state index contributed by atoms with van der Waals surface area (Å²) in [7, 11) is 0. The molecular formula is C25H24NO3+. The summed E-state index contributed by atoms with van der Waals surface area (Å²) in [5.41, 5.74) is 4.44. The van der Waals surface area contributed by atoms with Crippen LogP contribution in [0.25, 0.3) is 0 Å². The largest absolute Gasteiger partial charge is 0.454 e. The second kappa shape index (κ2) is 6.53. The van der Waals surface area contributed by atoms with E-state index in [0.29, 0.717) is 18.6 Å². The summed E-state index contributed by atoms with van der Waals surface area (Å²) < 4.78 is 18.2. The van der Waals surface area contributed by atoms with Gasteiger partial charge in [-0.25, -0.2) is 0 Å². The van der Waals surface area contributed by atoms with Gasteiger partial charge in [0.15, 0.2) is 11.5 Å². The molecule has 0 spiro atoms. The molecule has 3 aliphatic rings. The number of hydrogen-bond acceptors (Lipinski definition) is 3. The Morgan fingerprint density at radius 2 is 1.48 bits per heavy atom. The van der Waals surface area contributed by atoms with Crippen molar-refractivity contribution in [2.75, 3.05) is 26.6 Å². The van der Waals surface area contributed by atoms with Crippen LogP contribution in [0.5, 0.6) is 17.2 Å². The molecule has 29 heavy (non-hydrogen) atoms. The van der Waals surface area contributed by atoms with Crippen molar-refractivity contribution in [1.82, 2.24) is 0 Å². The van der Waals surface area contributed by atoms with Crippen LogP contribution in [0.15, 0.2) is 72.8 Å². The molecule has 0 bridgehead atoms. The van der Waals surface area contributed by atoms with Crippen molar-refractivity contribution < 1.29 is 18.7 Å². The number of fused-ring (bicyclic) bond motifs is 5. The third-order valence-electron chi connectivity index (χ3n) is 6.66. The maximum Gasteiger partial charge on any atom is 0.231 e. The molecule has 1 fully saturated rings. The van der Waals surface area contributed by atoms with E-state index in [4.69, 9.17) is 14.2 Å². The normalized spacial score (nSPS) is 25.8. The Morgan fingerprint density at radius 1 is 0.793 bits per heavy atom. The zero-order valence-corrected chi connectivity index (χ0v) is 16.3. The molecule has 6 rings (SSSR count). The third-order valence-corrected chi connectivity index (χ3v) is 6.66. The highest BCUT2D eigenvalue weighted by atomic mass is 16.7. The van der Waals surface area contributed by atoms with Gasteiger partial charge in [0, 0.05) is 23.5 Å². The van der Waals surface area contributed by atoms with Crippen molar-refractivity contribution in [3.8, 4) is 17.2 Å². The molecule has 4 heteroatoms. The highest BCUT2D eigenvalue weighted by molar-refractivity contribution is 5.47. The number of likely N-dealkylation sites (tertiary alicyclic amines) is 1. The summed E-state index contributed by atoms with van der Waals surface area (Å²) in [4.78, 5) is 0. The minimum Gasteiger partial charge on any atom is -0.454 e. The Labute approximate surface area is 170 Å². The number of nitrogens with zero attached hydrogens (tertiary/aromatic N) is 1. The quantitative estimate of drug-likeness (QED) is 0.597. The number of ether oxygens (including phenoxy) is 3. The van der Waals surface area contributed by atoms with Crippen molar-refractivity contribution in [1.29, 1.82) is 0 Å². The van der Waals surface area contributed by atoms with E-state index < -0.39 is 0 Å². The number of hydrogen-bond donors (Lipinski definition) is 0. The van der Waals surface area contributed by atoms with Gasteiger partial charge in [0.25, 0.3) is 0 Å². The van der Waals surface area contributed by atoms with Crippen molar-refractivity contribution in [2.24, 2.45) is 0 Å². The molecule has 0 N–H and O–H groups in total. The van der Waals surface area contributed by atoms with Crippen molar-refractivity contribution in [3.63, 3.8) is 0 Å². The van der Waals surface area contributed by atoms with Gasteiger partial charge >= 0.3 is 0 Å². The zero-order chi connectivity index (χ0) is 19.3. The van der Waals surface area contributed by atoms with Gasteiger partial charge in [0.2, 0.25) is 13.5 Å². The monoisotopic (exact) mass is 386 g/mol. The van der Waals surface area contributed by atoms with Crippen LogP contribution in [-0.2, 0) is 6.54 Å². The summed E-state index contributed by atoms with van der Waals surface area (Å²) in [6.07, 6.45) is 0. The van der Waals surface area contributed by atoms with Gasteiger partial charge in [-0.1, -0.05) is 54.6 Å². The van der Waals surface area contributed by atoms with E-state index in [1.165, 1.54) is 16.7 Å². The Balaban J connectivity index is 1.26. The minimum absolute atomic E-state index is 0.286. The molecule has 0 amide bonds. The molecule has 3 aromatic rings. The summed E-state index contributed by atoms with van der Waals surface area (Å²) >= 11 is 0. The lowest BCUT2D eigenvalue weighted by Gasteiger charge is -2.34. The smallest absolute Gasteiger partial charge is 0.231 e. The average Bonchev–Trinajstić information content (AvgIpc) is 3.35. The topological polar surface area (TPSA) is 27.7 Å². The molecule has 1 saturated heterocycles. The molecule has 3 aromatic carbocycles. The van der Waals surface area contributed by atoms with Gasteiger partial charge in [-0.3, -0.25) is 4.48 Å². The fourth-order valence-corrected chi connectivity index (χ4v) is 5.31. The van der Waals surface area contributed by atoms with Crippen LogP contribution in [0, 0.1) is 0 Å². The highest BCUT2D eigenvalue weighted by Gasteiger charge is 2.53. The predicted molar refractivity (Wildman–Crippen MR) is 110 cm³/mol. The maximum atomic E-state index is 6.35. The lowest BCUT2D eigenvalue weighted by Crippen LogP contribution is -2.47. The fourth-order valence-electron chi connectivity index (χ4n) is 5.31. The van der Waals surface area contributed by atoms with Gasteiger partial charge in [-0.15, -0.1) is 0 Å². The van der Waals surface area contributed by atoms with Gasteiger partial charge in [-0.05, 0) is 23.3 Å². The molecule has 3 atom stereocenters. The Kier molecular flexibility index (Phi) is 3.81. The van der Waals surface area contributed by atoms with E-state index in [-0.39, 0.29) is 6.79 Å². The SMILES string of the molecule is c1ccc(C[N+]2(COc3ccc4c(c3)OCO4)C[C@@H]3c4ccccc4[C@@H]3C2)cc1. The van der Waals surface area contributed by atoms with Crippen molar-refractivity contribution in [3.05, 3.63) is 89.5 Å². The number of benzene rings is 3. The molecule has 0 saturated carbocycles. The Bertz CT molecular complexity index is 1020. The Hall–Kier alpha value is -2.98. The summed E-state index contributed by atoms with van der Waals surface area (Å²) in [5, 5.41) is 0. The first-order valence-corrected chi connectivity index (χ1v) is 10.3. The van der Waals surface area contributed by atoms with Gasteiger partial charge < -0.3 is 14.2 Å². The first kappa shape index (κ1) is 16.9.